The molecule has 0 spiro atoms. The van der Waals surface area contributed by atoms with Crippen LogP contribution < -0.4 is 10.5 Å². The Hall–Kier alpha value is -2.57. The van der Waals surface area contributed by atoms with Gasteiger partial charge in [0.05, 0.1) is 13.4 Å². The van der Waals surface area contributed by atoms with E-state index in [1.54, 1.807) is 19.4 Å². The maximum absolute atomic E-state index is 5.98. The molecule has 0 saturated heterocycles. The van der Waals surface area contributed by atoms with Gasteiger partial charge in [0.2, 0.25) is 11.8 Å². The van der Waals surface area contributed by atoms with Gasteiger partial charge in [-0.15, -0.1) is 0 Å². The molecule has 3 aromatic rings. The average Bonchev–Trinajstić information content (AvgIpc) is 3.11. The standard InChI is InChI=1S/C14H18N6O/c1-21-12-5-4-11-13(18-12)20(14(15)17-11)8-3-2-7-19-9-6-16-10-19/h4-6,9-10H,2-3,7-8H2,1H3,(H2,15,17). The van der Waals surface area contributed by atoms with Gasteiger partial charge in [-0.3, -0.25) is 4.57 Å². The van der Waals surface area contributed by atoms with Crippen LogP contribution in [-0.2, 0) is 13.1 Å². The van der Waals surface area contributed by atoms with E-state index in [1.165, 1.54) is 0 Å². The maximum Gasteiger partial charge on any atom is 0.215 e. The predicted molar refractivity (Wildman–Crippen MR) is 80.0 cm³/mol. The fourth-order valence-corrected chi connectivity index (χ4v) is 2.32. The van der Waals surface area contributed by atoms with Crippen molar-refractivity contribution < 1.29 is 4.74 Å². The largest absolute Gasteiger partial charge is 0.481 e. The summed E-state index contributed by atoms with van der Waals surface area (Å²) in [5.41, 5.74) is 7.54. The quantitative estimate of drug-likeness (QED) is 0.697. The molecular weight excluding hydrogens is 268 g/mol. The van der Waals surface area contributed by atoms with E-state index < -0.39 is 0 Å². The summed E-state index contributed by atoms with van der Waals surface area (Å²) in [4.78, 5) is 12.8. The summed E-state index contributed by atoms with van der Waals surface area (Å²) in [6.45, 7) is 1.74. The van der Waals surface area contributed by atoms with Gasteiger partial charge in [0, 0.05) is 31.5 Å². The minimum atomic E-state index is 0.494. The minimum absolute atomic E-state index is 0.494. The molecule has 3 aromatic heterocycles. The van der Waals surface area contributed by atoms with E-state index in [-0.39, 0.29) is 0 Å². The fraction of sp³-hybridized carbons (Fsp3) is 0.357. The van der Waals surface area contributed by atoms with Crippen LogP contribution in [0.2, 0.25) is 0 Å². The number of aryl methyl sites for hydroxylation is 2. The molecule has 0 aliphatic carbocycles. The van der Waals surface area contributed by atoms with Gasteiger partial charge in [0.1, 0.15) is 5.52 Å². The first-order chi connectivity index (χ1) is 10.3. The van der Waals surface area contributed by atoms with Gasteiger partial charge >= 0.3 is 0 Å². The summed E-state index contributed by atoms with van der Waals surface area (Å²) in [5, 5.41) is 0. The number of unbranched alkanes of at least 4 members (excludes halogenated alkanes) is 1. The number of rotatable bonds is 6. The number of fused-ring (bicyclic) bond motifs is 1. The second-order valence-corrected chi connectivity index (χ2v) is 4.83. The lowest BCUT2D eigenvalue weighted by molar-refractivity contribution is 0.399. The molecule has 21 heavy (non-hydrogen) atoms. The topological polar surface area (TPSA) is 83.8 Å². The van der Waals surface area contributed by atoms with Crippen molar-refractivity contribution >= 4 is 17.1 Å². The molecule has 110 valence electrons. The van der Waals surface area contributed by atoms with E-state index in [1.807, 2.05) is 23.2 Å². The molecule has 3 rings (SSSR count). The molecule has 0 fully saturated rings. The van der Waals surface area contributed by atoms with Gasteiger partial charge in [-0.25, -0.2) is 9.97 Å². The fourth-order valence-electron chi connectivity index (χ4n) is 2.32. The number of anilines is 1. The third-order valence-corrected chi connectivity index (χ3v) is 3.41. The number of pyridine rings is 1. The van der Waals surface area contributed by atoms with E-state index in [4.69, 9.17) is 10.5 Å². The van der Waals surface area contributed by atoms with Gasteiger partial charge in [0.15, 0.2) is 5.65 Å². The molecule has 0 amide bonds. The van der Waals surface area contributed by atoms with E-state index >= 15 is 0 Å². The number of ether oxygens (including phenoxy) is 1. The van der Waals surface area contributed by atoms with Crippen LogP contribution in [0.4, 0.5) is 5.95 Å². The first-order valence-corrected chi connectivity index (χ1v) is 6.90. The smallest absolute Gasteiger partial charge is 0.215 e. The Morgan fingerprint density at radius 3 is 2.81 bits per heavy atom. The van der Waals surface area contributed by atoms with Gasteiger partial charge in [-0.2, -0.15) is 4.98 Å². The maximum atomic E-state index is 5.98. The monoisotopic (exact) mass is 286 g/mol. The molecule has 0 unspecified atom stereocenters. The SMILES string of the molecule is COc1ccc2nc(N)n(CCCCn3ccnc3)c2n1. The first-order valence-electron chi connectivity index (χ1n) is 6.90. The number of nitrogen functional groups attached to an aromatic ring is 1. The van der Waals surface area contributed by atoms with Gasteiger partial charge in [-0.05, 0) is 18.9 Å². The van der Waals surface area contributed by atoms with Crippen LogP contribution >= 0.6 is 0 Å². The number of methoxy groups -OCH3 is 1. The molecule has 0 bridgehead atoms. The van der Waals surface area contributed by atoms with Crippen LogP contribution in [0.3, 0.4) is 0 Å². The number of nitrogens with zero attached hydrogens (tertiary/aromatic N) is 5. The zero-order chi connectivity index (χ0) is 14.7. The average molecular weight is 286 g/mol. The summed E-state index contributed by atoms with van der Waals surface area (Å²) in [6, 6.07) is 3.66. The Morgan fingerprint density at radius 1 is 1.19 bits per heavy atom. The van der Waals surface area contributed by atoms with Gasteiger partial charge in [-0.1, -0.05) is 0 Å². The zero-order valence-electron chi connectivity index (χ0n) is 11.9. The van der Waals surface area contributed by atoms with Crippen molar-refractivity contribution in [2.75, 3.05) is 12.8 Å². The first kappa shape index (κ1) is 13.4. The van der Waals surface area contributed by atoms with Crippen LogP contribution in [0.25, 0.3) is 11.2 Å². The Labute approximate surface area is 122 Å². The van der Waals surface area contributed by atoms with Crippen molar-refractivity contribution in [3.05, 3.63) is 30.9 Å². The van der Waals surface area contributed by atoms with Gasteiger partial charge < -0.3 is 15.0 Å². The number of imidazole rings is 2. The van der Waals surface area contributed by atoms with Crippen molar-refractivity contribution in [3.63, 3.8) is 0 Å². The molecule has 0 aromatic carbocycles. The van der Waals surface area contributed by atoms with Crippen LogP contribution in [0.15, 0.2) is 30.9 Å². The third-order valence-electron chi connectivity index (χ3n) is 3.41. The molecule has 0 aliphatic rings. The van der Waals surface area contributed by atoms with Crippen LogP contribution in [0.5, 0.6) is 5.88 Å². The lowest BCUT2D eigenvalue weighted by atomic mass is 10.3. The number of hydrogen-bond donors (Lipinski definition) is 1. The van der Waals surface area contributed by atoms with Crippen molar-refractivity contribution in [3.8, 4) is 5.88 Å². The Morgan fingerprint density at radius 2 is 2.05 bits per heavy atom. The molecule has 3 heterocycles. The summed E-state index contributed by atoms with van der Waals surface area (Å²) in [6.07, 6.45) is 7.62. The highest BCUT2D eigenvalue weighted by Gasteiger charge is 2.10. The molecule has 0 aliphatic heterocycles. The van der Waals surface area contributed by atoms with E-state index in [0.29, 0.717) is 11.8 Å². The van der Waals surface area contributed by atoms with Crippen LogP contribution in [-0.4, -0.2) is 31.2 Å². The Bertz CT molecular complexity index is 718. The van der Waals surface area contributed by atoms with Gasteiger partial charge in [0.25, 0.3) is 0 Å². The van der Waals surface area contributed by atoms with Crippen molar-refractivity contribution in [1.29, 1.82) is 0 Å². The van der Waals surface area contributed by atoms with E-state index in [0.717, 1.165) is 37.1 Å². The second-order valence-electron chi connectivity index (χ2n) is 4.83. The normalized spacial score (nSPS) is 11.1. The van der Waals surface area contributed by atoms with Crippen molar-refractivity contribution in [1.82, 2.24) is 24.1 Å². The molecule has 7 nitrogen and oxygen atoms in total. The number of hydrogen-bond acceptors (Lipinski definition) is 5. The molecule has 2 N–H and O–H groups in total. The molecule has 7 heteroatoms. The van der Waals surface area contributed by atoms with Crippen LogP contribution in [0.1, 0.15) is 12.8 Å². The highest BCUT2D eigenvalue weighted by Crippen LogP contribution is 2.19. The minimum Gasteiger partial charge on any atom is -0.481 e. The second kappa shape index (κ2) is 5.82. The highest BCUT2D eigenvalue weighted by atomic mass is 16.5. The van der Waals surface area contributed by atoms with E-state index in [9.17, 15) is 0 Å². The lowest BCUT2D eigenvalue weighted by Gasteiger charge is -2.07. The lowest BCUT2D eigenvalue weighted by Crippen LogP contribution is -2.05. The summed E-state index contributed by atoms with van der Waals surface area (Å²) in [7, 11) is 1.60. The summed E-state index contributed by atoms with van der Waals surface area (Å²) in [5.74, 6) is 1.07. The number of nitrogens with two attached hydrogens (primary N) is 1. The van der Waals surface area contributed by atoms with Crippen molar-refractivity contribution in [2.45, 2.75) is 25.9 Å². The summed E-state index contributed by atoms with van der Waals surface area (Å²) < 4.78 is 9.16. The highest BCUT2D eigenvalue weighted by molar-refractivity contribution is 5.74. The summed E-state index contributed by atoms with van der Waals surface area (Å²) >= 11 is 0. The Balaban J connectivity index is 1.69. The number of aromatic nitrogens is 5. The van der Waals surface area contributed by atoms with Crippen molar-refractivity contribution in [2.24, 2.45) is 0 Å². The molecule has 0 saturated carbocycles. The zero-order valence-corrected chi connectivity index (χ0v) is 11.9. The van der Waals surface area contributed by atoms with Crippen LogP contribution in [0, 0.1) is 0 Å². The third kappa shape index (κ3) is 2.81. The Kier molecular flexibility index (Phi) is 3.72. The molecular formula is C14H18N6O. The molecule has 0 atom stereocenters. The van der Waals surface area contributed by atoms with E-state index in [2.05, 4.69) is 19.5 Å². The molecule has 0 radical (unpaired) electrons. The predicted octanol–water partition coefficient (Wildman–Crippen LogP) is 1.70.